The minimum atomic E-state index is -0.828. The van der Waals surface area contributed by atoms with Gasteiger partial charge in [0.15, 0.2) is 6.10 Å². The third-order valence-corrected chi connectivity index (χ3v) is 7.30. The Hall–Kier alpha value is -2.04. The Bertz CT molecular complexity index is 691. The van der Waals surface area contributed by atoms with Crippen LogP contribution in [0, 0.1) is 29.6 Å². The summed E-state index contributed by atoms with van der Waals surface area (Å²) in [6.07, 6.45) is 5.37. The Morgan fingerprint density at radius 2 is 1.65 bits per heavy atom. The molecule has 5 nitrogen and oxygen atoms in total. The first-order valence-electron chi connectivity index (χ1n) is 9.91. The van der Waals surface area contributed by atoms with E-state index in [4.69, 9.17) is 10.5 Å². The lowest BCUT2D eigenvalue weighted by molar-refractivity contribution is -0.124. The SMILES string of the molecule is NC(=O)C1CN(C(c2ccccc2)C2C3CC4CC(C3)CC2C4)C(=O)O1. The lowest BCUT2D eigenvalue weighted by Gasteiger charge is -2.57. The van der Waals surface area contributed by atoms with Crippen LogP contribution < -0.4 is 5.73 Å². The minimum absolute atomic E-state index is 0.0111. The number of amides is 2. The van der Waals surface area contributed by atoms with Crippen molar-refractivity contribution < 1.29 is 14.3 Å². The summed E-state index contributed by atoms with van der Waals surface area (Å²) in [5.41, 5.74) is 6.57. The molecule has 0 spiro atoms. The summed E-state index contributed by atoms with van der Waals surface area (Å²) in [5.74, 6) is 3.03. The van der Waals surface area contributed by atoms with E-state index in [0.29, 0.717) is 17.8 Å². The molecule has 4 aliphatic carbocycles. The van der Waals surface area contributed by atoms with Gasteiger partial charge in [-0.05, 0) is 67.3 Å². The van der Waals surface area contributed by atoms with Gasteiger partial charge in [-0.3, -0.25) is 9.69 Å². The van der Waals surface area contributed by atoms with Gasteiger partial charge >= 0.3 is 6.09 Å². The second-order valence-corrected chi connectivity index (χ2v) is 8.79. The first kappa shape index (κ1) is 16.2. The van der Waals surface area contributed by atoms with Crippen LogP contribution in [0.4, 0.5) is 4.79 Å². The number of nitrogens with zero attached hydrogens (tertiary/aromatic N) is 1. The fourth-order valence-electron chi connectivity index (χ4n) is 6.60. The third-order valence-electron chi connectivity index (χ3n) is 7.30. The predicted molar refractivity (Wildman–Crippen MR) is 95.9 cm³/mol. The molecule has 5 heteroatoms. The van der Waals surface area contributed by atoms with Crippen LogP contribution >= 0.6 is 0 Å². The van der Waals surface area contributed by atoms with Crippen molar-refractivity contribution in [3.8, 4) is 0 Å². The molecule has 4 saturated carbocycles. The number of rotatable bonds is 4. The molecule has 1 aromatic rings. The molecule has 138 valence electrons. The quantitative estimate of drug-likeness (QED) is 0.903. The van der Waals surface area contributed by atoms with Gasteiger partial charge in [-0.1, -0.05) is 30.3 Å². The molecule has 6 rings (SSSR count). The highest BCUT2D eigenvalue weighted by Crippen LogP contribution is 2.60. The molecule has 2 N–H and O–H groups in total. The third kappa shape index (κ3) is 2.51. The van der Waals surface area contributed by atoms with E-state index in [9.17, 15) is 9.59 Å². The largest absolute Gasteiger partial charge is 0.434 e. The number of carbonyl (C=O) groups is 2. The van der Waals surface area contributed by atoms with E-state index in [1.54, 1.807) is 4.90 Å². The summed E-state index contributed by atoms with van der Waals surface area (Å²) in [6, 6.07) is 10.3. The van der Waals surface area contributed by atoms with Crippen LogP contribution in [0.1, 0.15) is 43.7 Å². The van der Waals surface area contributed by atoms with Crippen molar-refractivity contribution in [2.24, 2.45) is 35.3 Å². The molecule has 26 heavy (non-hydrogen) atoms. The molecule has 5 aliphatic rings. The number of primary amides is 1. The molecule has 5 fully saturated rings. The summed E-state index contributed by atoms with van der Waals surface area (Å²) in [7, 11) is 0. The second-order valence-electron chi connectivity index (χ2n) is 8.79. The summed E-state index contributed by atoms with van der Waals surface area (Å²) in [5, 5.41) is 0. The fraction of sp³-hybridized carbons (Fsp3) is 0.619. The van der Waals surface area contributed by atoms with Crippen LogP contribution in [0.25, 0.3) is 0 Å². The highest BCUT2D eigenvalue weighted by molar-refractivity contribution is 5.85. The van der Waals surface area contributed by atoms with Crippen molar-refractivity contribution in [2.45, 2.75) is 44.2 Å². The summed E-state index contributed by atoms with van der Waals surface area (Å²) in [4.78, 5) is 26.0. The van der Waals surface area contributed by atoms with Crippen molar-refractivity contribution in [2.75, 3.05) is 6.54 Å². The van der Waals surface area contributed by atoms with Gasteiger partial charge in [-0.2, -0.15) is 0 Å². The highest BCUT2D eigenvalue weighted by atomic mass is 16.6. The van der Waals surface area contributed by atoms with Gasteiger partial charge in [-0.25, -0.2) is 4.79 Å². The van der Waals surface area contributed by atoms with Crippen LogP contribution in [0.5, 0.6) is 0 Å². The average Bonchev–Trinajstić information content (AvgIpc) is 3.00. The Kier molecular flexibility index (Phi) is 3.73. The molecule has 1 saturated heterocycles. The first-order valence-corrected chi connectivity index (χ1v) is 9.91. The molecule has 4 bridgehead atoms. The van der Waals surface area contributed by atoms with Gasteiger partial charge in [-0.15, -0.1) is 0 Å². The number of ether oxygens (including phenoxy) is 1. The zero-order valence-electron chi connectivity index (χ0n) is 14.9. The highest BCUT2D eigenvalue weighted by Gasteiger charge is 2.54. The van der Waals surface area contributed by atoms with Gasteiger partial charge in [0.2, 0.25) is 0 Å². The zero-order valence-corrected chi connectivity index (χ0v) is 14.9. The van der Waals surface area contributed by atoms with Gasteiger partial charge in [0.1, 0.15) is 0 Å². The molecule has 2 atom stereocenters. The van der Waals surface area contributed by atoms with Crippen molar-refractivity contribution in [1.29, 1.82) is 0 Å². The molecule has 0 radical (unpaired) electrons. The normalized spacial score (nSPS) is 39.1. The smallest absolute Gasteiger partial charge is 0.411 e. The van der Waals surface area contributed by atoms with E-state index in [0.717, 1.165) is 17.4 Å². The van der Waals surface area contributed by atoms with E-state index in [1.807, 2.05) is 18.2 Å². The maximum absolute atomic E-state index is 12.6. The summed E-state index contributed by atoms with van der Waals surface area (Å²) in [6.45, 7) is 0.274. The van der Waals surface area contributed by atoms with Gasteiger partial charge < -0.3 is 10.5 Å². The molecule has 1 aromatic carbocycles. The van der Waals surface area contributed by atoms with E-state index >= 15 is 0 Å². The maximum atomic E-state index is 12.6. The number of nitrogens with two attached hydrogens (primary N) is 1. The minimum Gasteiger partial charge on any atom is -0.434 e. The van der Waals surface area contributed by atoms with Gasteiger partial charge in [0.05, 0.1) is 12.6 Å². The molecular weight excluding hydrogens is 328 g/mol. The average molecular weight is 354 g/mol. The Morgan fingerprint density at radius 1 is 1.04 bits per heavy atom. The van der Waals surface area contributed by atoms with Crippen molar-refractivity contribution >= 4 is 12.0 Å². The van der Waals surface area contributed by atoms with Crippen molar-refractivity contribution in [1.82, 2.24) is 4.90 Å². The molecule has 0 aromatic heterocycles. The Balaban J connectivity index is 1.51. The molecule has 2 unspecified atom stereocenters. The number of benzene rings is 1. The van der Waals surface area contributed by atoms with E-state index in [-0.39, 0.29) is 12.6 Å². The predicted octanol–water partition coefficient (Wildman–Crippen LogP) is 3.11. The molecule has 1 heterocycles. The topological polar surface area (TPSA) is 72.6 Å². The second kappa shape index (κ2) is 6.00. The van der Waals surface area contributed by atoms with E-state index in [1.165, 1.54) is 32.1 Å². The van der Waals surface area contributed by atoms with Gasteiger partial charge in [0, 0.05) is 0 Å². The zero-order chi connectivity index (χ0) is 17.8. The first-order chi connectivity index (χ1) is 12.6. The molecule has 2 amide bonds. The fourth-order valence-corrected chi connectivity index (χ4v) is 6.60. The van der Waals surface area contributed by atoms with E-state index < -0.39 is 18.1 Å². The standard InChI is InChI=1S/C21H26N2O3/c22-20(24)17-11-23(21(25)26-17)19(14-4-2-1-3-5-14)18-15-7-12-6-13(9-15)10-16(18)8-12/h1-5,12-13,15-19H,6-11H2,(H2,22,24). The monoisotopic (exact) mass is 354 g/mol. The number of cyclic esters (lactones) is 1. The van der Waals surface area contributed by atoms with Crippen LogP contribution in [-0.4, -0.2) is 29.5 Å². The maximum Gasteiger partial charge on any atom is 0.411 e. The number of hydrogen-bond donors (Lipinski definition) is 1. The lowest BCUT2D eigenvalue weighted by atomic mass is 9.50. The van der Waals surface area contributed by atoms with Crippen LogP contribution in [0.3, 0.4) is 0 Å². The Morgan fingerprint density at radius 3 is 2.19 bits per heavy atom. The number of carbonyl (C=O) groups excluding carboxylic acids is 2. The Labute approximate surface area is 153 Å². The number of hydrogen-bond acceptors (Lipinski definition) is 3. The van der Waals surface area contributed by atoms with Crippen molar-refractivity contribution in [3.63, 3.8) is 0 Å². The van der Waals surface area contributed by atoms with Crippen molar-refractivity contribution in [3.05, 3.63) is 35.9 Å². The van der Waals surface area contributed by atoms with Gasteiger partial charge in [0.25, 0.3) is 5.91 Å². The summed E-state index contributed by atoms with van der Waals surface area (Å²) >= 11 is 0. The summed E-state index contributed by atoms with van der Waals surface area (Å²) < 4.78 is 5.29. The van der Waals surface area contributed by atoms with E-state index in [2.05, 4.69) is 12.1 Å². The van der Waals surface area contributed by atoms with Crippen LogP contribution in [-0.2, 0) is 9.53 Å². The molecule has 1 aliphatic heterocycles. The lowest BCUT2D eigenvalue weighted by Crippen LogP contribution is -2.51. The van der Waals surface area contributed by atoms with Crippen LogP contribution in [0.2, 0.25) is 0 Å². The molecular formula is C21H26N2O3. The van der Waals surface area contributed by atoms with Crippen LogP contribution in [0.15, 0.2) is 30.3 Å².